The van der Waals surface area contributed by atoms with Gasteiger partial charge in [0.25, 0.3) is 11.8 Å². The lowest BCUT2D eigenvalue weighted by atomic mass is 10.2. The molecule has 2 rings (SSSR count). The summed E-state index contributed by atoms with van der Waals surface area (Å²) in [5.41, 5.74) is 1.14. The molecule has 0 atom stereocenters. The first kappa shape index (κ1) is 11.2. The molecule has 1 aromatic rings. The molecular formula is C11H8ClNO2S. The number of hydrogen-bond acceptors (Lipinski definition) is 3. The number of aryl methyl sites for hydroxylation is 1. The Hall–Kier alpha value is -1.26. The van der Waals surface area contributed by atoms with Gasteiger partial charge in [-0.1, -0.05) is 41.1 Å². The highest BCUT2D eigenvalue weighted by Crippen LogP contribution is 2.33. The number of nitrogens with one attached hydrogen (secondary N) is 1. The number of rotatable bonds is 2. The third kappa shape index (κ3) is 2.13. The smallest absolute Gasteiger partial charge is 0.271 e. The molecule has 16 heavy (non-hydrogen) atoms. The SMILES string of the molecule is Cc1ccc(SC2=C(Cl)C(=O)NC2=O)cc1. The maximum absolute atomic E-state index is 11.4. The summed E-state index contributed by atoms with van der Waals surface area (Å²) in [5.74, 6) is -0.957. The van der Waals surface area contributed by atoms with E-state index in [4.69, 9.17) is 11.6 Å². The lowest BCUT2D eigenvalue weighted by molar-refractivity contribution is -0.123. The number of thioether (sulfide) groups is 1. The van der Waals surface area contributed by atoms with E-state index in [1.807, 2.05) is 31.2 Å². The van der Waals surface area contributed by atoms with Gasteiger partial charge < -0.3 is 0 Å². The van der Waals surface area contributed by atoms with Gasteiger partial charge in [-0.15, -0.1) is 0 Å². The summed E-state index contributed by atoms with van der Waals surface area (Å²) in [6.07, 6.45) is 0. The number of imide groups is 1. The molecule has 0 aromatic heterocycles. The van der Waals surface area contributed by atoms with Crippen LogP contribution in [0.4, 0.5) is 0 Å². The van der Waals surface area contributed by atoms with Gasteiger partial charge in [-0.3, -0.25) is 14.9 Å². The third-order valence-electron chi connectivity index (χ3n) is 2.07. The molecule has 0 radical (unpaired) electrons. The zero-order valence-corrected chi connectivity index (χ0v) is 9.98. The number of hydrogen-bond donors (Lipinski definition) is 1. The van der Waals surface area contributed by atoms with Crippen LogP contribution in [0.3, 0.4) is 0 Å². The highest BCUT2D eigenvalue weighted by atomic mass is 35.5. The Morgan fingerprint density at radius 3 is 2.25 bits per heavy atom. The van der Waals surface area contributed by atoms with Crippen molar-refractivity contribution in [2.75, 3.05) is 0 Å². The predicted octanol–water partition coefficient (Wildman–Crippen LogP) is 2.19. The minimum absolute atomic E-state index is 0.0319. The largest absolute Gasteiger partial charge is 0.287 e. The molecule has 1 N–H and O–H groups in total. The Morgan fingerprint density at radius 2 is 1.75 bits per heavy atom. The van der Waals surface area contributed by atoms with Gasteiger partial charge in [0.15, 0.2) is 0 Å². The molecule has 0 fully saturated rings. The van der Waals surface area contributed by atoms with Crippen LogP contribution in [0.5, 0.6) is 0 Å². The van der Waals surface area contributed by atoms with Gasteiger partial charge in [-0.25, -0.2) is 0 Å². The molecule has 1 aromatic carbocycles. The Kier molecular flexibility index (Phi) is 3.03. The quantitative estimate of drug-likeness (QED) is 0.822. The van der Waals surface area contributed by atoms with Crippen LogP contribution in [0.1, 0.15) is 5.56 Å². The number of amides is 2. The molecule has 0 bridgehead atoms. The van der Waals surface area contributed by atoms with Crippen LogP contribution in [0, 0.1) is 6.92 Å². The third-order valence-corrected chi connectivity index (χ3v) is 3.65. The molecule has 0 unspecified atom stereocenters. The van der Waals surface area contributed by atoms with Gasteiger partial charge in [-0.2, -0.15) is 0 Å². The second-order valence-electron chi connectivity index (χ2n) is 3.34. The number of benzene rings is 1. The normalized spacial score (nSPS) is 15.6. The van der Waals surface area contributed by atoms with Crippen molar-refractivity contribution in [1.82, 2.24) is 5.32 Å². The van der Waals surface area contributed by atoms with Crippen molar-refractivity contribution in [3.63, 3.8) is 0 Å². The van der Waals surface area contributed by atoms with E-state index >= 15 is 0 Å². The maximum atomic E-state index is 11.4. The maximum Gasteiger partial charge on any atom is 0.271 e. The first-order valence-electron chi connectivity index (χ1n) is 4.58. The summed E-state index contributed by atoms with van der Waals surface area (Å²) in [6.45, 7) is 1.98. The van der Waals surface area contributed by atoms with Crippen LogP contribution < -0.4 is 5.32 Å². The monoisotopic (exact) mass is 253 g/mol. The molecule has 1 heterocycles. The van der Waals surface area contributed by atoms with Gasteiger partial charge in [0.2, 0.25) is 0 Å². The van der Waals surface area contributed by atoms with E-state index in [2.05, 4.69) is 5.32 Å². The Balaban J connectivity index is 2.25. The minimum Gasteiger partial charge on any atom is -0.287 e. The number of carbonyl (C=O) groups excluding carboxylic acids is 2. The van der Waals surface area contributed by atoms with Crippen LogP contribution in [0.2, 0.25) is 0 Å². The van der Waals surface area contributed by atoms with E-state index in [9.17, 15) is 9.59 Å². The first-order chi connectivity index (χ1) is 7.58. The van der Waals surface area contributed by atoms with Crippen molar-refractivity contribution < 1.29 is 9.59 Å². The van der Waals surface area contributed by atoms with Crippen LogP contribution in [-0.2, 0) is 9.59 Å². The zero-order chi connectivity index (χ0) is 11.7. The average molecular weight is 254 g/mol. The van der Waals surface area contributed by atoms with E-state index in [1.165, 1.54) is 11.8 Å². The average Bonchev–Trinajstić information content (AvgIpc) is 2.48. The van der Waals surface area contributed by atoms with Gasteiger partial charge in [0, 0.05) is 4.90 Å². The highest BCUT2D eigenvalue weighted by molar-refractivity contribution is 8.04. The standard InChI is InChI=1S/C11H8ClNO2S/c1-6-2-4-7(5-3-6)16-9-8(12)10(14)13-11(9)15/h2-5H,1H3,(H,13,14,15). The van der Waals surface area contributed by atoms with E-state index in [0.717, 1.165) is 10.5 Å². The summed E-state index contributed by atoms with van der Waals surface area (Å²) >= 11 is 6.93. The van der Waals surface area contributed by atoms with Gasteiger partial charge in [0.1, 0.15) is 9.94 Å². The second kappa shape index (κ2) is 4.31. The van der Waals surface area contributed by atoms with Crippen molar-refractivity contribution in [1.29, 1.82) is 0 Å². The lowest BCUT2D eigenvalue weighted by Gasteiger charge is -2.00. The molecule has 0 saturated carbocycles. The molecule has 0 spiro atoms. The van der Waals surface area contributed by atoms with Crippen molar-refractivity contribution in [2.45, 2.75) is 11.8 Å². The molecule has 2 amide bonds. The predicted molar refractivity (Wildman–Crippen MR) is 63.1 cm³/mol. The Morgan fingerprint density at radius 1 is 1.12 bits per heavy atom. The summed E-state index contributed by atoms with van der Waals surface area (Å²) < 4.78 is 0. The van der Waals surface area contributed by atoms with Gasteiger partial charge >= 0.3 is 0 Å². The Bertz CT molecular complexity index is 493. The summed E-state index contributed by atoms with van der Waals surface area (Å²) in [5, 5.41) is 2.11. The summed E-state index contributed by atoms with van der Waals surface area (Å²) in [4.78, 5) is 23.6. The Labute approximate surface area is 102 Å². The van der Waals surface area contributed by atoms with Crippen molar-refractivity contribution in [3.8, 4) is 0 Å². The molecule has 3 nitrogen and oxygen atoms in total. The van der Waals surface area contributed by atoms with Gasteiger partial charge in [0.05, 0.1) is 0 Å². The minimum atomic E-state index is -0.527. The van der Waals surface area contributed by atoms with E-state index < -0.39 is 11.8 Å². The van der Waals surface area contributed by atoms with Crippen LogP contribution >= 0.6 is 23.4 Å². The van der Waals surface area contributed by atoms with Crippen LogP contribution in [0.25, 0.3) is 0 Å². The van der Waals surface area contributed by atoms with E-state index in [1.54, 1.807) is 0 Å². The molecule has 1 aliphatic rings. The van der Waals surface area contributed by atoms with Gasteiger partial charge in [-0.05, 0) is 19.1 Å². The molecule has 5 heteroatoms. The molecule has 0 aliphatic carbocycles. The second-order valence-corrected chi connectivity index (χ2v) is 4.80. The molecule has 1 aliphatic heterocycles. The van der Waals surface area contributed by atoms with Crippen molar-refractivity contribution >= 4 is 35.2 Å². The molecular weight excluding hydrogens is 246 g/mol. The van der Waals surface area contributed by atoms with E-state index in [-0.39, 0.29) is 9.94 Å². The highest BCUT2D eigenvalue weighted by Gasteiger charge is 2.29. The van der Waals surface area contributed by atoms with E-state index in [0.29, 0.717) is 0 Å². The fourth-order valence-electron chi connectivity index (χ4n) is 1.23. The summed E-state index contributed by atoms with van der Waals surface area (Å²) in [7, 11) is 0. The summed E-state index contributed by atoms with van der Waals surface area (Å²) in [6, 6.07) is 7.64. The molecule has 82 valence electrons. The molecule has 0 saturated heterocycles. The fraction of sp³-hybridized carbons (Fsp3) is 0.0909. The zero-order valence-electron chi connectivity index (χ0n) is 8.41. The topological polar surface area (TPSA) is 46.2 Å². The van der Waals surface area contributed by atoms with Crippen molar-refractivity contribution in [2.24, 2.45) is 0 Å². The first-order valence-corrected chi connectivity index (χ1v) is 5.77. The van der Waals surface area contributed by atoms with Crippen LogP contribution in [0.15, 0.2) is 39.1 Å². The number of halogens is 1. The lowest BCUT2D eigenvalue weighted by Crippen LogP contribution is -2.22. The fourth-order valence-corrected chi connectivity index (χ4v) is 2.32. The van der Waals surface area contributed by atoms with Crippen molar-refractivity contribution in [3.05, 3.63) is 39.8 Å². The van der Waals surface area contributed by atoms with Crippen LogP contribution in [-0.4, -0.2) is 11.8 Å². The number of carbonyl (C=O) groups is 2.